The number of nitrogens with one attached hydrogen (secondary N) is 2. The molecule has 2 N–H and O–H groups in total. The number of carbonyl (C=O) groups excluding carboxylic acids is 3. The molecule has 7 heteroatoms. The number of hydrogen-bond donors (Lipinski definition) is 2. The number of halogens is 1. The lowest BCUT2D eigenvalue weighted by Crippen LogP contribution is -2.46. The molecule has 0 radical (unpaired) electrons. The van der Waals surface area contributed by atoms with Crippen molar-refractivity contribution in [3.63, 3.8) is 0 Å². The van der Waals surface area contributed by atoms with Gasteiger partial charge in [-0.05, 0) is 61.9 Å². The molecule has 0 aromatic heterocycles. The molecule has 0 bridgehead atoms. The van der Waals surface area contributed by atoms with Crippen LogP contribution in [0.1, 0.15) is 35.7 Å². The van der Waals surface area contributed by atoms with Gasteiger partial charge in [0, 0.05) is 24.3 Å². The second-order valence-electron chi connectivity index (χ2n) is 7.62. The van der Waals surface area contributed by atoms with Crippen LogP contribution in [-0.4, -0.2) is 42.3 Å². The van der Waals surface area contributed by atoms with Gasteiger partial charge in [-0.15, -0.1) is 0 Å². The number of anilines is 1. The maximum absolute atomic E-state index is 13.1. The SMILES string of the molecule is CC(=O)c1cccc(NC(=O)NCC(=O)N2CCC[C@@H](Cc3ccc(F)cc3)C2)c1. The van der Waals surface area contributed by atoms with E-state index >= 15 is 0 Å². The van der Waals surface area contributed by atoms with Crippen LogP contribution in [-0.2, 0) is 11.2 Å². The standard InChI is InChI=1S/C23H26FN3O3/c1-16(28)19-5-2-6-21(13-19)26-23(30)25-14-22(29)27-11-3-4-18(15-27)12-17-7-9-20(24)10-8-17/h2,5-10,13,18H,3-4,11-12,14-15H2,1H3,(H2,25,26,30)/t18-/m0/s1. The Morgan fingerprint density at radius 3 is 2.63 bits per heavy atom. The van der Waals surface area contributed by atoms with Crippen molar-refractivity contribution in [3.05, 3.63) is 65.5 Å². The van der Waals surface area contributed by atoms with E-state index < -0.39 is 6.03 Å². The number of urea groups is 1. The third-order valence-electron chi connectivity index (χ3n) is 5.24. The molecular weight excluding hydrogens is 385 g/mol. The molecule has 0 unspecified atom stereocenters. The number of likely N-dealkylation sites (tertiary alicyclic amines) is 1. The summed E-state index contributed by atoms with van der Waals surface area (Å²) in [6.45, 7) is 2.66. The molecule has 0 aliphatic carbocycles. The first kappa shape index (κ1) is 21.5. The number of benzene rings is 2. The van der Waals surface area contributed by atoms with Gasteiger partial charge in [0.25, 0.3) is 0 Å². The Hall–Kier alpha value is -3.22. The molecule has 2 aromatic carbocycles. The Balaban J connectivity index is 1.46. The highest BCUT2D eigenvalue weighted by Gasteiger charge is 2.24. The molecule has 1 aliphatic heterocycles. The van der Waals surface area contributed by atoms with E-state index in [-0.39, 0.29) is 24.1 Å². The lowest BCUT2D eigenvalue weighted by molar-refractivity contribution is -0.131. The summed E-state index contributed by atoms with van der Waals surface area (Å²) >= 11 is 0. The maximum atomic E-state index is 13.1. The number of ketones is 1. The maximum Gasteiger partial charge on any atom is 0.319 e. The number of hydrogen-bond acceptors (Lipinski definition) is 3. The zero-order valence-electron chi connectivity index (χ0n) is 17.0. The molecule has 1 saturated heterocycles. The highest BCUT2D eigenvalue weighted by atomic mass is 19.1. The highest BCUT2D eigenvalue weighted by molar-refractivity contribution is 5.97. The summed E-state index contributed by atoms with van der Waals surface area (Å²) in [4.78, 5) is 37.8. The summed E-state index contributed by atoms with van der Waals surface area (Å²) in [5.41, 5.74) is 2.05. The van der Waals surface area contributed by atoms with Gasteiger partial charge in [0.1, 0.15) is 5.82 Å². The second-order valence-corrected chi connectivity index (χ2v) is 7.62. The van der Waals surface area contributed by atoms with E-state index in [1.54, 1.807) is 41.3 Å². The number of carbonyl (C=O) groups is 3. The number of rotatable bonds is 6. The van der Waals surface area contributed by atoms with Crippen LogP contribution >= 0.6 is 0 Å². The van der Waals surface area contributed by atoms with Gasteiger partial charge in [0.2, 0.25) is 5.91 Å². The van der Waals surface area contributed by atoms with Crippen LogP contribution in [0.15, 0.2) is 48.5 Å². The fourth-order valence-corrected chi connectivity index (χ4v) is 3.67. The molecule has 3 rings (SSSR count). The van der Waals surface area contributed by atoms with Gasteiger partial charge in [-0.3, -0.25) is 9.59 Å². The second kappa shape index (κ2) is 10.0. The molecule has 1 atom stereocenters. The van der Waals surface area contributed by atoms with Crippen molar-refractivity contribution in [1.82, 2.24) is 10.2 Å². The first-order chi connectivity index (χ1) is 14.4. The summed E-state index contributed by atoms with van der Waals surface area (Å²) < 4.78 is 13.1. The Bertz CT molecular complexity index is 914. The molecule has 0 spiro atoms. The molecule has 3 amide bonds. The monoisotopic (exact) mass is 411 g/mol. The van der Waals surface area contributed by atoms with Crippen LogP contribution in [0.25, 0.3) is 0 Å². The summed E-state index contributed by atoms with van der Waals surface area (Å²) in [6.07, 6.45) is 2.72. The van der Waals surface area contributed by atoms with Crippen molar-refractivity contribution >= 4 is 23.4 Å². The highest BCUT2D eigenvalue weighted by Crippen LogP contribution is 2.21. The van der Waals surface area contributed by atoms with Gasteiger partial charge >= 0.3 is 6.03 Å². The first-order valence-electron chi connectivity index (χ1n) is 10.1. The van der Waals surface area contributed by atoms with Crippen LogP contribution < -0.4 is 10.6 Å². The van der Waals surface area contributed by atoms with Gasteiger partial charge in [0.15, 0.2) is 5.78 Å². The van der Waals surface area contributed by atoms with Crippen molar-refractivity contribution in [3.8, 4) is 0 Å². The van der Waals surface area contributed by atoms with Crippen molar-refractivity contribution in [2.45, 2.75) is 26.2 Å². The smallest absolute Gasteiger partial charge is 0.319 e. The molecule has 1 aliphatic rings. The van der Waals surface area contributed by atoms with Crippen molar-refractivity contribution in [2.24, 2.45) is 5.92 Å². The van der Waals surface area contributed by atoms with E-state index in [1.165, 1.54) is 19.1 Å². The average molecular weight is 411 g/mol. The predicted octanol–water partition coefficient (Wildman–Crippen LogP) is 3.63. The fourth-order valence-electron chi connectivity index (χ4n) is 3.67. The zero-order chi connectivity index (χ0) is 21.5. The normalized spacial score (nSPS) is 16.1. The third kappa shape index (κ3) is 6.14. The molecule has 6 nitrogen and oxygen atoms in total. The van der Waals surface area contributed by atoms with E-state index in [0.717, 1.165) is 24.8 Å². The van der Waals surface area contributed by atoms with E-state index in [1.807, 2.05) is 0 Å². The largest absolute Gasteiger partial charge is 0.341 e. The van der Waals surface area contributed by atoms with Gasteiger partial charge in [-0.25, -0.2) is 9.18 Å². The molecule has 158 valence electrons. The van der Waals surface area contributed by atoms with Gasteiger partial charge in [-0.1, -0.05) is 24.3 Å². The minimum absolute atomic E-state index is 0.0884. The zero-order valence-corrected chi connectivity index (χ0v) is 17.0. The minimum Gasteiger partial charge on any atom is -0.341 e. The first-order valence-corrected chi connectivity index (χ1v) is 10.1. The minimum atomic E-state index is -0.496. The fraction of sp³-hybridized carbons (Fsp3) is 0.348. The summed E-state index contributed by atoms with van der Waals surface area (Å²) in [7, 11) is 0. The van der Waals surface area contributed by atoms with Crippen molar-refractivity contribution in [1.29, 1.82) is 0 Å². The molecular formula is C23H26FN3O3. The molecule has 1 fully saturated rings. The average Bonchev–Trinajstić information content (AvgIpc) is 2.74. The number of amides is 3. The topological polar surface area (TPSA) is 78.5 Å². The van der Waals surface area contributed by atoms with E-state index in [4.69, 9.17) is 0 Å². The van der Waals surface area contributed by atoms with Gasteiger partial charge < -0.3 is 15.5 Å². The predicted molar refractivity (Wildman–Crippen MR) is 113 cm³/mol. The van der Waals surface area contributed by atoms with Crippen molar-refractivity contribution in [2.75, 3.05) is 25.0 Å². The van der Waals surface area contributed by atoms with E-state index in [9.17, 15) is 18.8 Å². The summed E-state index contributed by atoms with van der Waals surface area (Å²) in [5.74, 6) is -0.158. The molecule has 2 aromatic rings. The lowest BCUT2D eigenvalue weighted by Gasteiger charge is -2.33. The number of Topliss-reactive ketones (excluding diaryl/α,β-unsaturated/α-hetero) is 1. The summed E-state index contributed by atoms with van der Waals surface area (Å²) in [5, 5.41) is 5.22. The number of nitrogens with zero attached hydrogens (tertiary/aromatic N) is 1. The Morgan fingerprint density at radius 2 is 1.90 bits per heavy atom. The Labute approximate surface area is 175 Å². The lowest BCUT2D eigenvalue weighted by atomic mass is 9.91. The Kier molecular flexibility index (Phi) is 7.17. The Morgan fingerprint density at radius 1 is 1.13 bits per heavy atom. The quantitative estimate of drug-likeness (QED) is 0.713. The van der Waals surface area contributed by atoms with E-state index in [0.29, 0.717) is 30.3 Å². The molecule has 0 saturated carbocycles. The van der Waals surface area contributed by atoms with E-state index in [2.05, 4.69) is 10.6 Å². The van der Waals surface area contributed by atoms with Crippen LogP contribution in [0, 0.1) is 11.7 Å². The van der Waals surface area contributed by atoms with Gasteiger partial charge in [-0.2, -0.15) is 0 Å². The third-order valence-corrected chi connectivity index (χ3v) is 5.24. The van der Waals surface area contributed by atoms with Crippen LogP contribution in [0.2, 0.25) is 0 Å². The van der Waals surface area contributed by atoms with Gasteiger partial charge in [0.05, 0.1) is 6.54 Å². The van der Waals surface area contributed by atoms with Crippen LogP contribution in [0.4, 0.5) is 14.9 Å². The number of piperidine rings is 1. The van der Waals surface area contributed by atoms with Crippen LogP contribution in [0.5, 0.6) is 0 Å². The molecule has 30 heavy (non-hydrogen) atoms. The van der Waals surface area contributed by atoms with Crippen molar-refractivity contribution < 1.29 is 18.8 Å². The molecule has 1 heterocycles. The van der Waals surface area contributed by atoms with Crippen LogP contribution in [0.3, 0.4) is 0 Å². The summed E-state index contributed by atoms with van der Waals surface area (Å²) in [6, 6.07) is 12.6.